The van der Waals surface area contributed by atoms with E-state index in [2.05, 4.69) is 0 Å². The number of aryl methyl sites for hydroxylation is 1. The highest BCUT2D eigenvalue weighted by Gasteiger charge is 2.42. The average Bonchev–Trinajstić information content (AvgIpc) is 3.28. The van der Waals surface area contributed by atoms with Gasteiger partial charge in [0, 0.05) is 22.8 Å². The fraction of sp³-hybridized carbons (Fsp3) is 0.235. The summed E-state index contributed by atoms with van der Waals surface area (Å²) in [5, 5.41) is 9.17. The van der Waals surface area contributed by atoms with E-state index < -0.39 is 71.4 Å². The molecule has 0 spiro atoms. The Balaban J connectivity index is 1.61. The van der Waals surface area contributed by atoms with Crippen molar-refractivity contribution in [3.63, 3.8) is 0 Å². The topological polar surface area (TPSA) is 76.1 Å². The molecular formula is C34H25F8NO5. The van der Waals surface area contributed by atoms with Gasteiger partial charge in [0.25, 0.3) is 0 Å². The van der Waals surface area contributed by atoms with E-state index >= 15 is 4.39 Å². The molecule has 0 bridgehead atoms. The van der Waals surface area contributed by atoms with Crippen molar-refractivity contribution in [1.29, 1.82) is 0 Å². The maximum atomic E-state index is 15.3. The first-order chi connectivity index (χ1) is 22.4. The van der Waals surface area contributed by atoms with Crippen LogP contribution < -0.4 is 4.74 Å². The highest BCUT2D eigenvalue weighted by atomic mass is 19.4. The maximum Gasteiger partial charge on any atom is 0.416 e. The second-order valence-corrected chi connectivity index (χ2v) is 11.2. The molecule has 14 heteroatoms. The van der Waals surface area contributed by atoms with Gasteiger partial charge in [-0.15, -0.1) is 0 Å². The first kappa shape index (κ1) is 34.2. The third kappa shape index (κ3) is 6.64. The third-order valence-corrected chi connectivity index (χ3v) is 8.01. The number of carboxylic acids is 1. The van der Waals surface area contributed by atoms with Gasteiger partial charge in [-0.2, -0.15) is 26.3 Å². The predicted molar refractivity (Wildman–Crippen MR) is 156 cm³/mol. The van der Waals surface area contributed by atoms with Crippen molar-refractivity contribution in [3.8, 4) is 28.0 Å². The minimum absolute atomic E-state index is 0.00426. The van der Waals surface area contributed by atoms with Crippen LogP contribution in [-0.2, 0) is 23.6 Å². The molecule has 6 nitrogen and oxygen atoms in total. The zero-order valence-corrected chi connectivity index (χ0v) is 25.3. The van der Waals surface area contributed by atoms with Gasteiger partial charge < -0.3 is 14.6 Å². The summed E-state index contributed by atoms with van der Waals surface area (Å²) in [7, 11) is 1.17. The smallest absolute Gasteiger partial charge is 0.416 e. The summed E-state index contributed by atoms with van der Waals surface area (Å²) in [6.07, 6.45) is -11.7. The van der Waals surface area contributed by atoms with Crippen LogP contribution in [0.2, 0.25) is 0 Å². The molecule has 1 fully saturated rings. The van der Waals surface area contributed by atoms with Crippen LogP contribution in [0.3, 0.4) is 0 Å². The molecule has 2 atom stereocenters. The van der Waals surface area contributed by atoms with E-state index in [1.165, 1.54) is 27.0 Å². The first-order valence-electron chi connectivity index (χ1n) is 14.2. The molecule has 0 aliphatic carbocycles. The lowest BCUT2D eigenvalue weighted by Crippen LogP contribution is -2.31. The maximum absolute atomic E-state index is 15.3. The van der Waals surface area contributed by atoms with Crippen molar-refractivity contribution in [3.05, 3.63) is 112 Å². The average molecular weight is 680 g/mol. The Labute approximate surface area is 268 Å². The van der Waals surface area contributed by atoms with Crippen LogP contribution in [0.1, 0.15) is 51.2 Å². The summed E-state index contributed by atoms with van der Waals surface area (Å²) >= 11 is 0. The number of alkyl halides is 6. The number of aromatic carboxylic acids is 1. The van der Waals surface area contributed by atoms with E-state index in [1.54, 1.807) is 0 Å². The first-order valence-corrected chi connectivity index (χ1v) is 14.2. The van der Waals surface area contributed by atoms with Gasteiger partial charge in [-0.25, -0.2) is 18.4 Å². The van der Waals surface area contributed by atoms with Gasteiger partial charge >= 0.3 is 24.4 Å². The second kappa shape index (κ2) is 12.5. The third-order valence-electron chi connectivity index (χ3n) is 8.01. The van der Waals surface area contributed by atoms with Crippen LogP contribution in [0, 0.1) is 18.6 Å². The van der Waals surface area contributed by atoms with E-state index in [-0.39, 0.29) is 44.7 Å². The molecule has 5 rings (SSSR count). The van der Waals surface area contributed by atoms with E-state index in [9.17, 15) is 40.3 Å². The molecule has 1 N–H and O–H groups in total. The number of carbonyl (C=O) groups excluding carboxylic acids is 1. The van der Waals surface area contributed by atoms with Gasteiger partial charge in [-0.05, 0) is 73.0 Å². The van der Waals surface area contributed by atoms with E-state index in [4.69, 9.17) is 14.6 Å². The van der Waals surface area contributed by atoms with Gasteiger partial charge in [0.2, 0.25) is 0 Å². The van der Waals surface area contributed by atoms with E-state index in [0.717, 1.165) is 59.5 Å². The van der Waals surface area contributed by atoms with Crippen molar-refractivity contribution >= 4 is 12.1 Å². The Morgan fingerprint density at radius 3 is 2.08 bits per heavy atom. The molecule has 48 heavy (non-hydrogen) atoms. The second-order valence-electron chi connectivity index (χ2n) is 11.2. The molecule has 0 aromatic heterocycles. The van der Waals surface area contributed by atoms with Crippen molar-refractivity contribution in [2.45, 2.75) is 44.9 Å². The Morgan fingerprint density at radius 1 is 0.833 bits per heavy atom. The largest absolute Gasteiger partial charge is 0.496 e. The van der Waals surface area contributed by atoms with Gasteiger partial charge in [0.15, 0.2) is 0 Å². The Bertz CT molecular complexity index is 1920. The molecule has 1 heterocycles. The standard InChI is InChI=1S/C34H25F8NO5/c1-16-8-19(10-22(9-16)34(40,41)42)30-17(2)43(32(46)48-30)15-20-11-21(33(37,38)39)5-7-23(20)26-13-25(28(36)14-29(26)47-3)24-6-4-18(31(44)45)12-27(24)35/h4-14,17,30H,15H2,1-3H3,(H,44,45)/t17-,30-/m0/s1. The summed E-state index contributed by atoms with van der Waals surface area (Å²) in [6.45, 7) is 2.38. The SMILES string of the molecule is COc1cc(F)c(-c2ccc(C(=O)O)cc2F)cc1-c1ccc(C(F)(F)F)cc1CN1C(=O)O[C@H](c2cc(C)cc(C(F)(F)F)c2)[C@@H]1C. The number of methoxy groups -OCH3 is 1. The van der Waals surface area contributed by atoms with Crippen molar-refractivity contribution in [2.75, 3.05) is 7.11 Å². The highest BCUT2D eigenvalue weighted by molar-refractivity contribution is 5.89. The molecule has 0 radical (unpaired) electrons. The summed E-state index contributed by atoms with van der Waals surface area (Å²) in [5.74, 6) is -3.65. The van der Waals surface area contributed by atoms with E-state index in [1.807, 2.05) is 0 Å². The van der Waals surface area contributed by atoms with Gasteiger partial charge in [-0.3, -0.25) is 4.90 Å². The number of halogens is 8. The summed E-state index contributed by atoms with van der Waals surface area (Å²) < 4.78 is 123. The van der Waals surface area contributed by atoms with Gasteiger partial charge in [-0.1, -0.05) is 23.8 Å². The summed E-state index contributed by atoms with van der Waals surface area (Å²) in [5.41, 5.74) is -2.97. The Hall–Kier alpha value is -5.14. The zero-order valence-electron chi connectivity index (χ0n) is 25.3. The lowest BCUT2D eigenvalue weighted by Gasteiger charge is -2.24. The Kier molecular flexibility index (Phi) is 8.89. The van der Waals surface area contributed by atoms with Crippen LogP contribution in [0.15, 0.2) is 66.7 Å². The number of ether oxygens (including phenoxy) is 2. The predicted octanol–water partition coefficient (Wildman–Crippen LogP) is 9.43. The minimum Gasteiger partial charge on any atom is -0.496 e. The molecule has 0 saturated carbocycles. The van der Waals surface area contributed by atoms with Gasteiger partial charge in [0.05, 0.1) is 36.4 Å². The molecule has 252 valence electrons. The number of rotatable bonds is 7. The number of amides is 1. The van der Waals surface area contributed by atoms with Crippen LogP contribution >= 0.6 is 0 Å². The molecule has 0 unspecified atom stereocenters. The van der Waals surface area contributed by atoms with Crippen molar-refractivity contribution < 1.29 is 59.3 Å². The summed E-state index contributed by atoms with van der Waals surface area (Å²) in [6, 6.07) is 9.61. The number of benzene rings is 4. The molecule has 4 aromatic carbocycles. The van der Waals surface area contributed by atoms with Crippen molar-refractivity contribution in [1.82, 2.24) is 4.90 Å². The molecule has 4 aromatic rings. The van der Waals surface area contributed by atoms with Crippen LogP contribution in [0.5, 0.6) is 5.75 Å². The number of hydrogen-bond acceptors (Lipinski definition) is 4. The fourth-order valence-electron chi connectivity index (χ4n) is 5.65. The molecule has 1 aliphatic heterocycles. The summed E-state index contributed by atoms with van der Waals surface area (Å²) in [4.78, 5) is 25.4. The highest BCUT2D eigenvalue weighted by Crippen LogP contribution is 2.43. The number of hydrogen-bond donors (Lipinski definition) is 1. The van der Waals surface area contributed by atoms with Crippen LogP contribution in [0.4, 0.5) is 39.9 Å². The minimum atomic E-state index is -4.82. The van der Waals surface area contributed by atoms with Gasteiger partial charge in [0.1, 0.15) is 23.5 Å². The molecule has 1 amide bonds. The lowest BCUT2D eigenvalue weighted by molar-refractivity contribution is -0.138. The van der Waals surface area contributed by atoms with E-state index in [0.29, 0.717) is 6.07 Å². The molecular weight excluding hydrogens is 654 g/mol. The number of nitrogens with zero attached hydrogens (tertiary/aromatic N) is 1. The number of carbonyl (C=O) groups is 2. The Morgan fingerprint density at radius 2 is 1.48 bits per heavy atom. The zero-order chi connectivity index (χ0) is 35.3. The van der Waals surface area contributed by atoms with Crippen LogP contribution in [-0.4, -0.2) is 35.2 Å². The van der Waals surface area contributed by atoms with Crippen molar-refractivity contribution in [2.24, 2.45) is 0 Å². The quantitative estimate of drug-likeness (QED) is 0.197. The molecule has 1 saturated heterocycles. The molecule has 1 aliphatic rings. The number of carboxylic acid groups (broad SMARTS) is 1. The monoisotopic (exact) mass is 679 g/mol. The lowest BCUT2D eigenvalue weighted by atomic mass is 9.92. The normalized spacial score (nSPS) is 16.6. The fourth-order valence-corrected chi connectivity index (χ4v) is 5.65. The number of cyclic esters (lactones) is 1. The van der Waals surface area contributed by atoms with Crippen LogP contribution in [0.25, 0.3) is 22.3 Å².